The summed E-state index contributed by atoms with van der Waals surface area (Å²) in [6.07, 6.45) is 1.56. The number of benzene rings is 1. The molecule has 0 atom stereocenters. The quantitative estimate of drug-likeness (QED) is 0.527. The van der Waals surface area contributed by atoms with Crippen LogP contribution >= 0.6 is 0 Å². The Balaban J connectivity index is 2.10. The van der Waals surface area contributed by atoms with Gasteiger partial charge in [-0.25, -0.2) is 9.98 Å². The number of hydrogen-bond donors (Lipinski definition) is 0. The standard InChI is InChI=1S/C18H12BF2N3/c20-19(21)24-16(13-12-15-7-2-1-3-8-15)9-6-11-18(24)23-17-10-4-5-14-22-17/h1-11,14H/b23-18+. The van der Waals surface area contributed by atoms with Crippen molar-refractivity contribution >= 4 is 13.2 Å². The Bertz CT molecular complexity index is 942. The lowest BCUT2D eigenvalue weighted by atomic mass is 10.1. The highest BCUT2D eigenvalue weighted by Gasteiger charge is 2.20. The molecule has 2 heterocycles. The summed E-state index contributed by atoms with van der Waals surface area (Å²) in [5.74, 6) is 6.04. The van der Waals surface area contributed by atoms with E-state index < -0.39 is 7.40 Å². The second kappa shape index (κ2) is 7.38. The van der Waals surface area contributed by atoms with Gasteiger partial charge in [0.05, 0.1) is 5.69 Å². The van der Waals surface area contributed by atoms with E-state index in [0.29, 0.717) is 5.82 Å². The van der Waals surface area contributed by atoms with Crippen molar-refractivity contribution in [2.75, 3.05) is 0 Å². The molecule has 0 saturated heterocycles. The first-order valence-electron chi connectivity index (χ1n) is 7.26. The minimum absolute atomic E-state index is 0.101. The zero-order valence-corrected chi connectivity index (χ0v) is 12.6. The van der Waals surface area contributed by atoms with Gasteiger partial charge in [-0.05, 0) is 42.3 Å². The molecule has 0 spiro atoms. The van der Waals surface area contributed by atoms with Crippen LogP contribution < -0.4 is 5.49 Å². The molecule has 2 aromatic heterocycles. The Hall–Kier alpha value is -3.20. The van der Waals surface area contributed by atoms with Crippen LogP contribution in [0, 0.1) is 11.8 Å². The van der Waals surface area contributed by atoms with Crippen molar-refractivity contribution < 1.29 is 8.63 Å². The molecular formula is C18H12BF2N3. The van der Waals surface area contributed by atoms with E-state index in [2.05, 4.69) is 21.8 Å². The molecule has 0 aliphatic rings. The highest BCUT2D eigenvalue weighted by atomic mass is 19.2. The van der Waals surface area contributed by atoms with Gasteiger partial charge in [0.25, 0.3) is 0 Å². The first-order chi connectivity index (χ1) is 11.7. The lowest BCUT2D eigenvalue weighted by Gasteiger charge is -2.06. The van der Waals surface area contributed by atoms with Crippen LogP contribution in [0.1, 0.15) is 11.3 Å². The van der Waals surface area contributed by atoms with Crippen LogP contribution in [0.3, 0.4) is 0 Å². The predicted molar refractivity (Wildman–Crippen MR) is 89.7 cm³/mol. The van der Waals surface area contributed by atoms with Gasteiger partial charge in [-0.1, -0.05) is 36.3 Å². The molecule has 1 aromatic carbocycles. The van der Waals surface area contributed by atoms with Gasteiger partial charge < -0.3 is 4.48 Å². The van der Waals surface area contributed by atoms with E-state index >= 15 is 0 Å². The van der Waals surface area contributed by atoms with Crippen LogP contribution in [-0.4, -0.2) is 16.9 Å². The van der Waals surface area contributed by atoms with E-state index in [1.165, 1.54) is 6.07 Å². The molecule has 0 fully saturated rings. The van der Waals surface area contributed by atoms with Crippen LogP contribution in [0.4, 0.5) is 14.4 Å². The zero-order valence-electron chi connectivity index (χ0n) is 12.6. The third-order valence-corrected chi connectivity index (χ3v) is 3.19. The number of rotatable bonds is 2. The summed E-state index contributed by atoms with van der Waals surface area (Å²) in [6, 6.07) is 19.0. The van der Waals surface area contributed by atoms with Crippen molar-refractivity contribution in [3.05, 3.63) is 89.7 Å². The molecule has 24 heavy (non-hydrogen) atoms. The number of aromatic nitrogens is 2. The normalized spacial score (nSPS) is 10.8. The molecular weight excluding hydrogens is 307 g/mol. The Morgan fingerprint density at radius 3 is 2.38 bits per heavy atom. The number of pyridine rings is 2. The maximum atomic E-state index is 13.5. The highest BCUT2D eigenvalue weighted by Crippen LogP contribution is 2.05. The summed E-state index contributed by atoms with van der Waals surface area (Å²) < 4.78 is 27.9. The van der Waals surface area contributed by atoms with Crippen molar-refractivity contribution in [2.45, 2.75) is 0 Å². The van der Waals surface area contributed by atoms with E-state index in [9.17, 15) is 8.63 Å². The highest BCUT2D eigenvalue weighted by molar-refractivity contribution is 6.41. The summed E-state index contributed by atoms with van der Waals surface area (Å²) in [4.78, 5) is 8.22. The Morgan fingerprint density at radius 2 is 1.67 bits per heavy atom. The molecule has 0 aliphatic heterocycles. The number of nitrogens with zero attached hydrogens (tertiary/aromatic N) is 3. The molecule has 0 saturated carbocycles. The summed E-state index contributed by atoms with van der Waals surface area (Å²) >= 11 is 0. The van der Waals surface area contributed by atoms with E-state index in [1.54, 1.807) is 36.5 Å². The van der Waals surface area contributed by atoms with Crippen molar-refractivity contribution in [1.29, 1.82) is 0 Å². The molecule has 0 bridgehead atoms. The molecule has 0 aliphatic carbocycles. The Morgan fingerprint density at radius 1 is 0.875 bits per heavy atom. The SMILES string of the molecule is FB(F)n1c(C#Cc2ccccc2)ccc/c1=N\c1ccccn1. The van der Waals surface area contributed by atoms with E-state index in [0.717, 1.165) is 10.0 Å². The molecule has 0 radical (unpaired) electrons. The minimum Gasteiger partial charge on any atom is -0.303 e. The van der Waals surface area contributed by atoms with Gasteiger partial charge in [-0.15, -0.1) is 0 Å². The fourth-order valence-electron chi connectivity index (χ4n) is 2.10. The van der Waals surface area contributed by atoms with E-state index in [4.69, 9.17) is 0 Å². The molecule has 3 nitrogen and oxygen atoms in total. The molecule has 6 heteroatoms. The minimum atomic E-state index is -2.76. The molecule has 3 rings (SSSR count). The predicted octanol–water partition coefficient (Wildman–Crippen LogP) is 3.29. The van der Waals surface area contributed by atoms with Gasteiger partial charge in [0.2, 0.25) is 0 Å². The van der Waals surface area contributed by atoms with Crippen molar-refractivity contribution in [3.8, 4) is 11.8 Å². The second-order valence-electron chi connectivity index (χ2n) is 4.83. The lowest BCUT2D eigenvalue weighted by Crippen LogP contribution is -2.31. The zero-order chi connectivity index (χ0) is 16.8. The summed E-state index contributed by atoms with van der Waals surface area (Å²) in [6.45, 7) is 0. The van der Waals surface area contributed by atoms with Gasteiger partial charge in [-0.3, -0.25) is 8.63 Å². The van der Waals surface area contributed by atoms with Crippen molar-refractivity contribution in [2.24, 2.45) is 4.99 Å². The van der Waals surface area contributed by atoms with Gasteiger partial charge in [0.1, 0.15) is 5.49 Å². The van der Waals surface area contributed by atoms with Gasteiger partial charge in [0, 0.05) is 11.8 Å². The fourth-order valence-corrected chi connectivity index (χ4v) is 2.10. The molecule has 116 valence electrons. The maximum Gasteiger partial charge on any atom is 0.679 e. The van der Waals surface area contributed by atoms with Gasteiger partial charge >= 0.3 is 7.40 Å². The average Bonchev–Trinajstić information content (AvgIpc) is 2.61. The Labute approximate surface area is 138 Å². The van der Waals surface area contributed by atoms with Crippen LogP contribution in [-0.2, 0) is 0 Å². The first kappa shape index (κ1) is 15.7. The largest absolute Gasteiger partial charge is 0.679 e. The average molecular weight is 319 g/mol. The molecule has 0 unspecified atom stereocenters. The van der Waals surface area contributed by atoms with Crippen LogP contribution in [0.2, 0.25) is 0 Å². The van der Waals surface area contributed by atoms with Gasteiger partial charge in [-0.2, -0.15) is 0 Å². The third kappa shape index (κ3) is 3.76. The van der Waals surface area contributed by atoms with Crippen LogP contribution in [0.25, 0.3) is 0 Å². The molecule has 0 N–H and O–H groups in total. The summed E-state index contributed by atoms with van der Waals surface area (Å²) in [7, 11) is -2.76. The lowest BCUT2D eigenvalue weighted by molar-refractivity contribution is 0.618. The van der Waals surface area contributed by atoms with Crippen LogP contribution in [0.5, 0.6) is 0 Å². The summed E-state index contributed by atoms with van der Waals surface area (Å²) in [5, 5.41) is 0. The Kier molecular flexibility index (Phi) is 4.83. The van der Waals surface area contributed by atoms with Crippen molar-refractivity contribution in [1.82, 2.24) is 9.46 Å². The van der Waals surface area contributed by atoms with E-state index in [1.807, 2.05) is 30.3 Å². The number of hydrogen-bond acceptors (Lipinski definition) is 2. The second-order valence-corrected chi connectivity index (χ2v) is 4.83. The topological polar surface area (TPSA) is 30.2 Å². The fraction of sp³-hybridized carbons (Fsp3) is 0. The van der Waals surface area contributed by atoms with Crippen LogP contribution in [0.15, 0.2) is 77.9 Å². The van der Waals surface area contributed by atoms with Crippen molar-refractivity contribution in [3.63, 3.8) is 0 Å². The third-order valence-electron chi connectivity index (χ3n) is 3.19. The number of halogens is 2. The first-order valence-corrected chi connectivity index (χ1v) is 7.26. The molecule has 0 amide bonds. The smallest absolute Gasteiger partial charge is 0.303 e. The summed E-state index contributed by atoms with van der Waals surface area (Å²) in [5.41, 5.74) is 1.04. The maximum absolute atomic E-state index is 13.5. The van der Waals surface area contributed by atoms with E-state index in [-0.39, 0.29) is 11.2 Å². The van der Waals surface area contributed by atoms with Gasteiger partial charge in [0.15, 0.2) is 5.82 Å². The monoisotopic (exact) mass is 319 g/mol. The molecule has 3 aromatic rings.